The largest absolute Gasteiger partial charge is 0.462 e. The molecule has 0 unspecified atom stereocenters. The fraction of sp³-hybridized carbons (Fsp3) is 0.176. The van der Waals surface area contributed by atoms with Crippen molar-refractivity contribution < 1.29 is 14.3 Å². The minimum Gasteiger partial charge on any atom is -0.462 e. The highest BCUT2D eigenvalue weighted by molar-refractivity contribution is 6.35. The molecule has 1 amide bonds. The monoisotopic (exact) mass is 315 g/mol. The maximum atomic E-state index is 11.9. The average molecular weight is 316 g/mol. The van der Waals surface area contributed by atoms with Crippen LogP contribution in [-0.2, 0) is 16.0 Å². The first-order valence-corrected chi connectivity index (χ1v) is 7.39. The third-order valence-electron chi connectivity index (χ3n) is 3.55. The van der Waals surface area contributed by atoms with Crippen molar-refractivity contribution in [2.45, 2.75) is 11.8 Å². The van der Waals surface area contributed by atoms with E-state index in [1.165, 1.54) is 0 Å². The van der Waals surface area contributed by atoms with E-state index in [9.17, 15) is 9.59 Å². The summed E-state index contributed by atoms with van der Waals surface area (Å²) in [7, 11) is 0. The van der Waals surface area contributed by atoms with Gasteiger partial charge in [0.15, 0.2) is 0 Å². The number of nitrogens with one attached hydrogen (secondary N) is 1. The van der Waals surface area contributed by atoms with Crippen LogP contribution in [0.5, 0.6) is 0 Å². The van der Waals surface area contributed by atoms with Crippen LogP contribution in [0.2, 0.25) is 0 Å². The predicted molar refractivity (Wildman–Crippen MR) is 84.1 cm³/mol. The molecule has 3 rings (SSSR count). The van der Waals surface area contributed by atoms with E-state index >= 15 is 0 Å². The number of carbonyl (C=O) groups is 2. The number of hydrogen-bond donors (Lipinski definition) is 1. The third kappa shape index (κ3) is 2.83. The molecular weight excluding hydrogens is 302 g/mol. The van der Waals surface area contributed by atoms with Gasteiger partial charge < -0.3 is 10.1 Å². The molecule has 5 heteroatoms. The van der Waals surface area contributed by atoms with Gasteiger partial charge in [0.25, 0.3) is 0 Å². The Labute approximate surface area is 133 Å². The quantitative estimate of drug-likeness (QED) is 0.695. The molecule has 1 atom stereocenters. The molecule has 1 heterocycles. The van der Waals surface area contributed by atoms with Crippen LogP contribution in [0.4, 0.5) is 5.69 Å². The van der Waals surface area contributed by atoms with E-state index in [1.54, 1.807) is 24.3 Å². The second kappa shape index (κ2) is 6.20. The molecule has 2 aromatic rings. The SMILES string of the molecule is O=C(OCCc1cccc2c1[C@H](Cl)C(=O)N2)c1ccccc1. The highest BCUT2D eigenvalue weighted by atomic mass is 35.5. The van der Waals surface area contributed by atoms with Crippen molar-refractivity contribution in [3.63, 3.8) is 0 Å². The van der Waals surface area contributed by atoms with Crippen LogP contribution in [-0.4, -0.2) is 18.5 Å². The van der Waals surface area contributed by atoms with Crippen LogP contribution in [0, 0.1) is 0 Å². The van der Waals surface area contributed by atoms with Crippen LogP contribution in [0.15, 0.2) is 48.5 Å². The van der Waals surface area contributed by atoms with Crippen LogP contribution in [0.1, 0.15) is 26.9 Å². The number of hydrogen-bond acceptors (Lipinski definition) is 3. The maximum absolute atomic E-state index is 11.9. The molecule has 1 N–H and O–H groups in total. The third-order valence-corrected chi connectivity index (χ3v) is 3.97. The summed E-state index contributed by atoms with van der Waals surface area (Å²) in [5.74, 6) is -0.574. The van der Waals surface area contributed by atoms with Crippen molar-refractivity contribution in [3.8, 4) is 0 Å². The lowest BCUT2D eigenvalue weighted by atomic mass is 10.0. The standard InChI is InChI=1S/C17H14ClNO3/c18-15-14-11(7-4-8-13(14)19-16(15)20)9-10-22-17(21)12-5-2-1-3-6-12/h1-8,15H,9-10H2,(H,19,20)/t15-/m0/s1. The number of anilines is 1. The first kappa shape index (κ1) is 14.6. The number of amides is 1. The van der Waals surface area contributed by atoms with Crippen LogP contribution >= 0.6 is 11.6 Å². The van der Waals surface area contributed by atoms with E-state index in [0.29, 0.717) is 12.0 Å². The van der Waals surface area contributed by atoms with E-state index in [4.69, 9.17) is 16.3 Å². The van der Waals surface area contributed by atoms with Gasteiger partial charge in [0.1, 0.15) is 5.38 Å². The van der Waals surface area contributed by atoms with Crippen molar-refractivity contribution >= 4 is 29.2 Å². The van der Waals surface area contributed by atoms with E-state index in [1.807, 2.05) is 24.3 Å². The zero-order valence-electron chi connectivity index (χ0n) is 11.7. The molecule has 0 aliphatic carbocycles. The van der Waals surface area contributed by atoms with Crippen molar-refractivity contribution in [1.29, 1.82) is 0 Å². The van der Waals surface area contributed by atoms with Gasteiger partial charge in [0.2, 0.25) is 5.91 Å². The van der Waals surface area contributed by atoms with Crippen molar-refractivity contribution in [1.82, 2.24) is 0 Å². The number of rotatable bonds is 4. The van der Waals surface area contributed by atoms with Crippen molar-refractivity contribution in [2.24, 2.45) is 0 Å². The highest BCUT2D eigenvalue weighted by Crippen LogP contribution is 2.37. The van der Waals surface area contributed by atoms with E-state index in [2.05, 4.69) is 5.32 Å². The van der Waals surface area contributed by atoms with Gasteiger partial charge in [-0.3, -0.25) is 4.79 Å². The number of fused-ring (bicyclic) bond motifs is 1. The molecule has 0 spiro atoms. The summed E-state index contributed by atoms with van der Waals surface area (Å²) in [6.07, 6.45) is 0.514. The summed E-state index contributed by atoms with van der Waals surface area (Å²) < 4.78 is 5.27. The van der Waals surface area contributed by atoms with Crippen LogP contribution in [0.25, 0.3) is 0 Å². The fourth-order valence-corrected chi connectivity index (χ4v) is 2.79. The number of carbonyl (C=O) groups excluding carboxylic acids is 2. The number of halogens is 1. The predicted octanol–water partition coefficient (Wildman–Crippen LogP) is 3.32. The Morgan fingerprint density at radius 3 is 2.68 bits per heavy atom. The summed E-state index contributed by atoms with van der Waals surface area (Å²) in [5.41, 5.74) is 2.95. The lowest BCUT2D eigenvalue weighted by molar-refractivity contribution is -0.115. The average Bonchev–Trinajstić information content (AvgIpc) is 2.84. The minimum atomic E-state index is -0.684. The van der Waals surface area contributed by atoms with Gasteiger partial charge >= 0.3 is 5.97 Å². The number of ether oxygens (including phenoxy) is 1. The lowest BCUT2D eigenvalue weighted by Crippen LogP contribution is -2.09. The maximum Gasteiger partial charge on any atom is 0.338 e. The molecule has 2 aromatic carbocycles. The molecule has 0 saturated heterocycles. The van der Waals surface area contributed by atoms with Gasteiger partial charge in [-0.2, -0.15) is 0 Å². The normalized spacial score (nSPS) is 16.0. The Morgan fingerprint density at radius 2 is 1.91 bits per heavy atom. The second-order valence-electron chi connectivity index (χ2n) is 4.98. The van der Waals surface area contributed by atoms with Crippen LogP contribution < -0.4 is 5.32 Å². The van der Waals surface area contributed by atoms with Gasteiger partial charge in [-0.25, -0.2) is 4.79 Å². The molecule has 112 valence electrons. The van der Waals surface area contributed by atoms with Gasteiger partial charge in [0, 0.05) is 17.7 Å². The highest BCUT2D eigenvalue weighted by Gasteiger charge is 2.30. The number of esters is 1. The van der Waals surface area contributed by atoms with E-state index < -0.39 is 5.38 Å². The van der Waals surface area contributed by atoms with Gasteiger partial charge in [0.05, 0.1) is 12.2 Å². The summed E-state index contributed by atoms with van der Waals surface area (Å²) >= 11 is 6.12. The zero-order valence-corrected chi connectivity index (χ0v) is 12.5. The summed E-state index contributed by atoms with van der Waals surface area (Å²) in [5, 5.41) is 2.05. The zero-order chi connectivity index (χ0) is 15.5. The Kier molecular flexibility index (Phi) is 4.11. The van der Waals surface area contributed by atoms with Gasteiger partial charge in [-0.1, -0.05) is 30.3 Å². The molecular formula is C17H14ClNO3. The van der Waals surface area contributed by atoms with E-state index in [-0.39, 0.29) is 18.5 Å². The Morgan fingerprint density at radius 1 is 1.14 bits per heavy atom. The number of alkyl halides is 1. The summed E-state index contributed by atoms with van der Waals surface area (Å²) in [4.78, 5) is 23.5. The van der Waals surface area contributed by atoms with E-state index in [0.717, 1.165) is 16.8 Å². The summed E-state index contributed by atoms with van der Waals surface area (Å²) in [6.45, 7) is 0.238. The fourth-order valence-electron chi connectivity index (χ4n) is 2.48. The summed E-state index contributed by atoms with van der Waals surface area (Å²) in [6, 6.07) is 14.4. The number of benzene rings is 2. The van der Waals surface area contributed by atoms with Crippen LogP contribution in [0.3, 0.4) is 0 Å². The lowest BCUT2D eigenvalue weighted by Gasteiger charge is -2.10. The molecule has 0 bridgehead atoms. The molecule has 0 saturated carbocycles. The molecule has 1 aliphatic heterocycles. The molecule has 4 nitrogen and oxygen atoms in total. The minimum absolute atomic E-state index is 0.217. The Bertz CT molecular complexity index is 715. The smallest absolute Gasteiger partial charge is 0.338 e. The van der Waals surface area contributed by atoms with Gasteiger partial charge in [-0.15, -0.1) is 11.6 Å². The first-order chi connectivity index (χ1) is 10.7. The molecule has 22 heavy (non-hydrogen) atoms. The molecule has 0 aromatic heterocycles. The van der Waals surface area contributed by atoms with Gasteiger partial charge in [-0.05, 0) is 23.8 Å². The second-order valence-corrected chi connectivity index (χ2v) is 5.42. The first-order valence-electron chi connectivity index (χ1n) is 6.95. The topological polar surface area (TPSA) is 55.4 Å². The Hall–Kier alpha value is -2.33. The van der Waals surface area contributed by atoms with Crippen molar-refractivity contribution in [3.05, 3.63) is 65.2 Å². The molecule has 0 fully saturated rings. The van der Waals surface area contributed by atoms with Crippen molar-refractivity contribution in [2.75, 3.05) is 11.9 Å². The molecule has 1 aliphatic rings. The Balaban J connectivity index is 1.65. The molecule has 0 radical (unpaired) electrons.